The minimum Gasteiger partial charge on any atom is -0.507 e. The zero-order valence-corrected chi connectivity index (χ0v) is 24.9. The van der Waals surface area contributed by atoms with E-state index in [0.717, 1.165) is 13.8 Å². The van der Waals surface area contributed by atoms with Crippen molar-refractivity contribution in [1.29, 1.82) is 0 Å². The predicted octanol–water partition coefficient (Wildman–Crippen LogP) is 4.74. The first kappa shape index (κ1) is 32.4. The Hall–Kier alpha value is -4.12. The highest BCUT2D eigenvalue weighted by Gasteiger charge is 2.52. The SMILES string of the molecule is CC(=O)c1c(O)c(C(=O)CC(C)C)c(O)c(C2c3c(O)c(C(C)=O)c(O)c(C(=O)CC(C)C)c3OC2C(C)(C)O)c1O. The highest BCUT2D eigenvalue weighted by atomic mass is 16.5. The lowest BCUT2D eigenvalue weighted by molar-refractivity contribution is -0.0303. The van der Waals surface area contributed by atoms with E-state index in [1.807, 2.05) is 0 Å². The fourth-order valence-corrected chi connectivity index (χ4v) is 5.49. The molecule has 6 N–H and O–H groups in total. The molecule has 11 nitrogen and oxygen atoms in total. The van der Waals surface area contributed by atoms with Gasteiger partial charge in [-0.1, -0.05) is 27.7 Å². The lowest BCUT2D eigenvalue weighted by atomic mass is 9.77. The van der Waals surface area contributed by atoms with Gasteiger partial charge in [0.05, 0.1) is 11.5 Å². The highest BCUT2D eigenvalue weighted by molar-refractivity contribution is 6.11. The molecule has 0 saturated carbocycles. The Balaban J connectivity index is 2.60. The maximum atomic E-state index is 13.4. The molecule has 11 heteroatoms. The van der Waals surface area contributed by atoms with Crippen molar-refractivity contribution in [3.05, 3.63) is 33.4 Å². The van der Waals surface area contributed by atoms with Crippen molar-refractivity contribution in [2.45, 2.75) is 85.9 Å². The van der Waals surface area contributed by atoms with Crippen molar-refractivity contribution in [2.24, 2.45) is 11.8 Å². The molecule has 1 aliphatic rings. The lowest BCUT2D eigenvalue weighted by Gasteiger charge is -2.31. The quantitative estimate of drug-likeness (QED) is 0.210. The Morgan fingerprint density at radius 1 is 0.667 bits per heavy atom. The van der Waals surface area contributed by atoms with E-state index in [4.69, 9.17) is 4.74 Å². The number of benzene rings is 2. The number of hydrogen-bond acceptors (Lipinski definition) is 11. The maximum Gasteiger partial charge on any atom is 0.170 e. The number of fused-ring (bicyclic) bond motifs is 1. The summed E-state index contributed by atoms with van der Waals surface area (Å²) in [7, 11) is 0. The van der Waals surface area contributed by atoms with Crippen LogP contribution < -0.4 is 4.74 Å². The van der Waals surface area contributed by atoms with E-state index < -0.39 is 103 Å². The summed E-state index contributed by atoms with van der Waals surface area (Å²) in [5, 5.41) is 67.3. The highest BCUT2D eigenvalue weighted by Crippen LogP contribution is 2.59. The number of carbonyl (C=O) groups excluding carboxylic acids is 4. The van der Waals surface area contributed by atoms with Crippen LogP contribution >= 0.6 is 0 Å². The first-order valence-electron chi connectivity index (χ1n) is 13.6. The monoisotopic (exact) mass is 586 g/mol. The molecule has 2 aromatic rings. The molecule has 0 radical (unpaired) electrons. The van der Waals surface area contributed by atoms with E-state index in [1.165, 1.54) is 13.8 Å². The molecule has 0 fully saturated rings. The van der Waals surface area contributed by atoms with Gasteiger partial charge >= 0.3 is 0 Å². The van der Waals surface area contributed by atoms with Crippen molar-refractivity contribution >= 4 is 23.1 Å². The van der Waals surface area contributed by atoms with Gasteiger partial charge < -0.3 is 35.4 Å². The van der Waals surface area contributed by atoms with Crippen molar-refractivity contribution in [2.75, 3.05) is 0 Å². The molecule has 0 bridgehead atoms. The second kappa shape index (κ2) is 11.3. The molecule has 0 aliphatic carbocycles. The van der Waals surface area contributed by atoms with Crippen LogP contribution in [0.2, 0.25) is 0 Å². The van der Waals surface area contributed by atoms with Gasteiger partial charge in [-0.15, -0.1) is 0 Å². The molecular weight excluding hydrogens is 548 g/mol. The van der Waals surface area contributed by atoms with Crippen molar-refractivity contribution in [3.63, 3.8) is 0 Å². The first-order valence-corrected chi connectivity index (χ1v) is 13.6. The second-order valence-corrected chi connectivity index (χ2v) is 12.2. The predicted molar refractivity (Wildman–Crippen MR) is 151 cm³/mol. The third kappa shape index (κ3) is 5.40. The van der Waals surface area contributed by atoms with Gasteiger partial charge in [0.25, 0.3) is 0 Å². The minimum atomic E-state index is -1.85. The van der Waals surface area contributed by atoms with E-state index in [1.54, 1.807) is 27.7 Å². The van der Waals surface area contributed by atoms with E-state index in [2.05, 4.69) is 0 Å². The van der Waals surface area contributed by atoms with E-state index >= 15 is 0 Å². The van der Waals surface area contributed by atoms with Gasteiger partial charge in [-0.3, -0.25) is 19.2 Å². The van der Waals surface area contributed by atoms with Gasteiger partial charge in [-0.2, -0.15) is 0 Å². The van der Waals surface area contributed by atoms with Crippen LogP contribution in [0.15, 0.2) is 0 Å². The van der Waals surface area contributed by atoms with Gasteiger partial charge in [0.15, 0.2) is 23.1 Å². The number of phenols is 5. The standard InChI is InChI=1S/C31H38O11/c1-11(2)9-15(34)19-24(36)17(13(5)32)26(38)22(28(19)40)21-23-27(39)18(14(6)33)25(37)20(16(35)10-12(3)4)29(23)42-30(21)31(7,8)41/h11-12,21,30,36-41H,9-10H2,1-8H3. The van der Waals surface area contributed by atoms with Crippen LogP contribution in [0.1, 0.15) is 127 Å². The Morgan fingerprint density at radius 3 is 1.45 bits per heavy atom. The zero-order chi connectivity index (χ0) is 32.2. The van der Waals surface area contributed by atoms with Crippen LogP contribution in [0, 0.1) is 11.8 Å². The summed E-state index contributed by atoms with van der Waals surface area (Å²) in [6.07, 6.45) is -1.77. The minimum absolute atomic E-state index is 0.0959. The number of rotatable bonds is 10. The van der Waals surface area contributed by atoms with Crippen LogP contribution in [0.5, 0.6) is 34.5 Å². The smallest absolute Gasteiger partial charge is 0.170 e. The summed E-state index contributed by atoms with van der Waals surface area (Å²) in [5.74, 6) is -10.0. The van der Waals surface area contributed by atoms with Crippen LogP contribution in [-0.4, -0.2) is 65.5 Å². The molecule has 228 valence electrons. The number of ketones is 4. The molecule has 0 spiro atoms. The van der Waals surface area contributed by atoms with Crippen molar-refractivity contribution in [3.8, 4) is 34.5 Å². The zero-order valence-electron chi connectivity index (χ0n) is 24.9. The lowest BCUT2D eigenvalue weighted by Crippen LogP contribution is -2.42. The van der Waals surface area contributed by atoms with Crippen molar-refractivity contribution < 1.29 is 54.6 Å². The van der Waals surface area contributed by atoms with Gasteiger partial charge in [-0.25, -0.2) is 0 Å². The Kier molecular flexibility index (Phi) is 8.70. The second-order valence-electron chi connectivity index (χ2n) is 12.2. The molecule has 2 aromatic carbocycles. The molecule has 0 amide bonds. The molecular formula is C31H38O11. The number of carbonyl (C=O) groups is 4. The fraction of sp³-hybridized carbons (Fsp3) is 0.484. The topological polar surface area (TPSA) is 199 Å². The van der Waals surface area contributed by atoms with Crippen LogP contribution in [0.3, 0.4) is 0 Å². The number of ether oxygens (including phenoxy) is 1. The summed E-state index contributed by atoms with van der Waals surface area (Å²) in [6.45, 7) is 11.6. The normalized spacial score (nSPS) is 16.5. The summed E-state index contributed by atoms with van der Waals surface area (Å²) in [5.41, 5.74) is -5.19. The third-order valence-corrected chi connectivity index (χ3v) is 7.21. The Morgan fingerprint density at radius 2 is 1.05 bits per heavy atom. The number of phenolic OH excluding ortho intramolecular Hbond substituents is 5. The molecule has 42 heavy (non-hydrogen) atoms. The number of hydrogen-bond donors (Lipinski definition) is 6. The largest absolute Gasteiger partial charge is 0.507 e. The molecule has 1 heterocycles. The molecule has 0 aromatic heterocycles. The van der Waals surface area contributed by atoms with Gasteiger partial charge in [0.1, 0.15) is 62.9 Å². The molecule has 1 aliphatic heterocycles. The summed E-state index contributed by atoms with van der Waals surface area (Å²) in [4.78, 5) is 51.8. The fourth-order valence-electron chi connectivity index (χ4n) is 5.49. The molecule has 0 saturated heterocycles. The van der Waals surface area contributed by atoms with E-state index in [0.29, 0.717) is 0 Å². The van der Waals surface area contributed by atoms with Gasteiger partial charge in [0, 0.05) is 24.0 Å². The first-order chi connectivity index (χ1) is 19.2. The number of aromatic hydroxyl groups is 5. The van der Waals surface area contributed by atoms with E-state index in [-0.39, 0.29) is 30.2 Å². The van der Waals surface area contributed by atoms with Crippen LogP contribution in [-0.2, 0) is 0 Å². The Labute approximate surface area is 243 Å². The summed E-state index contributed by atoms with van der Waals surface area (Å²) in [6, 6.07) is 0. The summed E-state index contributed by atoms with van der Waals surface area (Å²) < 4.78 is 6.02. The molecule has 2 atom stereocenters. The molecule has 3 rings (SSSR count). The maximum absolute atomic E-state index is 13.4. The third-order valence-electron chi connectivity index (χ3n) is 7.21. The van der Waals surface area contributed by atoms with Crippen LogP contribution in [0.4, 0.5) is 0 Å². The average Bonchev–Trinajstić information content (AvgIpc) is 3.18. The average molecular weight is 587 g/mol. The number of aliphatic hydroxyl groups is 1. The Bertz CT molecular complexity index is 1490. The van der Waals surface area contributed by atoms with Gasteiger partial charge in [0.2, 0.25) is 0 Å². The molecule has 2 unspecified atom stereocenters. The van der Waals surface area contributed by atoms with Crippen molar-refractivity contribution in [1.82, 2.24) is 0 Å². The van der Waals surface area contributed by atoms with E-state index in [9.17, 15) is 49.8 Å². The van der Waals surface area contributed by atoms with Crippen LogP contribution in [0.25, 0.3) is 0 Å². The van der Waals surface area contributed by atoms with Gasteiger partial charge in [-0.05, 0) is 39.5 Å². The summed E-state index contributed by atoms with van der Waals surface area (Å²) >= 11 is 0. The number of Topliss-reactive ketones (excluding diaryl/α,β-unsaturated/α-hetero) is 4.